The van der Waals surface area contributed by atoms with E-state index in [0.29, 0.717) is 5.02 Å². The van der Waals surface area contributed by atoms with E-state index in [1.807, 2.05) is 0 Å². The molecule has 0 fully saturated rings. The van der Waals surface area contributed by atoms with Crippen LogP contribution in [0.3, 0.4) is 0 Å². The van der Waals surface area contributed by atoms with Crippen molar-refractivity contribution in [2.45, 2.75) is 39.2 Å². The average molecular weight is 479 g/mol. The van der Waals surface area contributed by atoms with Crippen LogP contribution in [0.15, 0.2) is 30.3 Å². The topological polar surface area (TPSA) is 109 Å². The molecule has 1 atom stereocenters. The molecule has 33 heavy (non-hydrogen) atoms. The van der Waals surface area contributed by atoms with Crippen molar-refractivity contribution in [3.8, 4) is 5.75 Å². The standard InChI is InChI=1S/C23H21ClF2N2O5/c1-11(8-19(30)31)27-18(29)7-6-15-12(2)28(23(33)13-4-3-5-14(24)9-13)17-10-16(25)22(32)21(26)20(15)17/h3-5,9-11,32H,6-8H2,1-2H3,(H,27,29)(H,30,31)/t11-/m0/s1. The lowest BCUT2D eigenvalue weighted by molar-refractivity contribution is -0.137. The maximum absolute atomic E-state index is 14.9. The lowest BCUT2D eigenvalue weighted by Crippen LogP contribution is -2.34. The van der Waals surface area contributed by atoms with Gasteiger partial charge in [-0.25, -0.2) is 8.78 Å². The number of hydrogen-bond acceptors (Lipinski definition) is 4. The van der Waals surface area contributed by atoms with Gasteiger partial charge in [0, 0.05) is 40.2 Å². The third kappa shape index (κ3) is 4.98. The van der Waals surface area contributed by atoms with Crippen molar-refractivity contribution in [1.82, 2.24) is 9.88 Å². The number of amides is 1. The number of rotatable bonds is 7. The summed E-state index contributed by atoms with van der Waals surface area (Å²) >= 11 is 5.97. The molecule has 0 unspecified atom stereocenters. The van der Waals surface area contributed by atoms with E-state index in [4.69, 9.17) is 16.7 Å². The van der Waals surface area contributed by atoms with E-state index < -0.39 is 41.2 Å². The van der Waals surface area contributed by atoms with E-state index in [2.05, 4.69) is 5.32 Å². The largest absolute Gasteiger partial charge is 0.503 e. The van der Waals surface area contributed by atoms with Gasteiger partial charge in [0.1, 0.15) is 0 Å². The van der Waals surface area contributed by atoms with Crippen LogP contribution in [-0.4, -0.2) is 38.6 Å². The van der Waals surface area contributed by atoms with E-state index in [1.54, 1.807) is 12.1 Å². The maximum atomic E-state index is 14.9. The Hall–Kier alpha value is -3.46. The van der Waals surface area contributed by atoms with E-state index in [1.165, 1.54) is 26.0 Å². The Morgan fingerprint density at radius 1 is 1.21 bits per heavy atom. The molecule has 2 aromatic carbocycles. The number of nitrogens with one attached hydrogen (secondary N) is 1. The van der Waals surface area contributed by atoms with Crippen LogP contribution in [0, 0.1) is 18.6 Å². The molecule has 10 heteroatoms. The number of fused-ring (bicyclic) bond motifs is 1. The third-order valence-corrected chi connectivity index (χ3v) is 5.49. The van der Waals surface area contributed by atoms with Gasteiger partial charge in [-0.1, -0.05) is 17.7 Å². The second-order valence-corrected chi connectivity index (χ2v) is 8.13. The first-order valence-corrected chi connectivity index (χ1v) is 10.4. The normalized spacial score (nSPS) is 12.0. The SMILES string of the molecule is Cc1c(CCC(=O)N[C@@H](C)CC(=O)O)c2c(F)c(O)c(F)cc2n1C(=O)c1cccc(Cl)c1. The average Bonchev–Trinajstić information content (AvgIpc) is 3.00. The number of carboxylic acid groups (broad SMARTS) is 1. The highest BCUT2D eigenvalue weighted by Crippen LogP contribution is 2.36. The van der Waals surface area contributed by atoms with Gasteiger partial charge >= 0.3 is 5.97 Å². The second-order valence-electron chi connectivity index (χ2n) is 7.70. The number of carbonyl (C=O) groups excluding carboxylic acids is 2. The lowest BCUT2D eigenvalue weighted by atomic mass is 10.0. The zero-order chi connectivity index (χ0) is 24.4. The molecule has 1 heterocycles. The fourth-order valence-electron chi connectivity index (χ4n) is 3.77. The molecule has 3 aromatic rings. The molecule has 1 amide bonds. The van der Waals surface area contributed by atoms with Gasteiger partial charge in [0.2, 0.25) is 5.91 Å². The highest BCUT2D eigenvalue weighted by atomic mass is 35.5. The van der Waals surface area contributed by atoms with Gasteiger partial charge < -0.3 is 15.5 Å². The molecular weight excluding hydrogens is 458 g/mol. The summed E-state index contributed by atoms with van der Waals surface area (Å²) < 4.78 is 30.2. The molecular formula is C23H21ClF2N2O5. The first kappa shape index (κ1) is 24.2. The van der Waals surface area contributed by atoms with Crippen LogP contribution in [0.25, 0.3) is 10.9 Å². The van der Waals surface area contributed by atoms with E-state index in [0.717, 1.165) is 10.6 Å². The van der Waals surface area contributed by atoms with Crippen LogP contribution in [0.1, 0.15) is 41.4 Å². The van der Waals surface area contributed by atoms with Gasteiger partial charge in [0.05, 0.1) is 11.9 Å². The molecule has 174 valence electrons. The number of phenols is 1. The molecule has 1 aromatic heterocycles. The molecule has 0 bridgehead atoms. The van der Waals surface area contributed by atoms with Crippen LogP contribution in [-0.2, 0) is 16.0 Å². The molecule has 0 aliphatic heterocycles. The number of nitrogens with zero attached hydrogens (tertiary/aromatic N) is 1. The van der Waals surface area contributed by atoms with Gasteiger partial charge in [0.25, 0.3) is 5.91 Å². The van der Waals surface area contributed by atoms with Crippen LogP contribution in [0.4, 0.5) is 8.78 Å². The maximum Gasteiger partial charge on any atom is 0.305 e. The summed E-state index contributed by atoms with van der Waals surface area (Å²) in [6.45, 7) is 3.06. The number of hydrogen-bond donors (Lipinski definition) is 3. The Morgan fingerprint density at radius 2 is 1.91 bits per heavy atom. The zero-order valence-electron chi connectivity index (χ0n) is 17.8. The number of phenolic OH excluding ortho intramolecular Hbond substituents is 1. The molecule has 0 spiro atoms. The molecule has 0 radical (unpaired) electrons. The van der Waals surface area contributed by atoms with Crippen molar-refractivity contribution < 1.29 is 33.4 Å². The number of carbonyl (C=O) groups is 3. The van der Waals surface area contributed by atoms with Gasteiger partial charge in [0.15, 0.2) is 17.4 Å². The second kappa shape index (κ2) is 9.58. The van der Waals surface area contributed by atoms with E-state index in [9.17, 15) is 28.3 Å². The Balaban J connectivity index is 2.04. The van der Waals surface area contributed by atoms with Crippen molar-refractivity contribution in [3.63, 3.8) is 0 Å². The minimum Gasteiger partial charge on any atom is -0.503 e. The molecule has 0 aliphatic rings. The van der Waals surface area contributed by atoms with Gasteiger partial charge in [-0.2, -0.15) is 0 Å². The summed E-state index contributed by atoms with van der Waals surface area (Å²) in [5, 5.41) is 21.3. The van der Waals surface area contributed by atoms with Gasteiger partial charge in [-0.3, -0.25) is 19.0 Å². The molecule has 0 saturated carbocycles. The number of aryl methyl sites for hydroxylation is 1. The van der Waals surface area contributed by atoms with Crippen molar-refractivity contribution in [1.29, 1.82) is 0 Å². The van der Waals surface area contributed by atoms with Crippen LogP contribution >= 0.6 is 11.6 Å². The van der Waals surface area contributed by atoms with Crippen molar-refractivity contribution in [3.05, 3.63) is 63.8 Å². The minimum absolute atomic E-state index is 0.0359. The molecule has 0 saturated heterocycles. The molecule has 3 N–H and O–H groups in total. The van der Waals surface area contributed by atoms with Gasteiger partial charge in [-0.05, 0) is 44.0 Å². The first-order chi connectivity index (χ1) is 15.5. The highest BCUT2D eigenvalue weighted by molar-refractivity contribution is 6.31. The summed E-state index contributed by atoms with van der Waals surface area (Å²) in [7, 11) is 0. The van der Waals surface area contributed by atoms with Crippen molar-refractivity contribution in [2.75, 3.05) is 0 Å². The zero-order valence-corrected chi connectivity index (χ0v) is 18.5. The first-order valence-electron chi connectivity index (χ1n) is 10.0. The van der Waals surface area contributed by atoms with Crippen molar-refractivity contribution >= 4 is 40.3 Å². The molecule has 7 nitrogen and oxygen atoms in total. The Bertz CT molecular complexity index is 1270. The smallest absolute Gasteiger partial charge is 0.305 e. The Kier molecular flexibility index (Phi) is 7.02. The fraction of sp³-hybridized carbons (Fsp3) is 0.261. The van der Waals surface area contributed by atoms with Gasteiger partial charge in [-0.15, -0.1) is 0 Å². The van der Waals surface area contributed by atoms with E-state index in [-0.39, 0.29) is 47.0 Å². The predicted molar refractivity (Wildman–Crippen MR) is 118 cm³/mol. The number of benzene rings is 2. The molecule has 3 rings (SSSR count). The number of carboxylic acids is 1. The van der Waals surface area contributed by atoms with E-state index >= 15 is 0 Å². The summed E-state index contributed by atoms with van der Waals surface area (Å²) in [5.41, 5.74) is 0.600. The fourth-order valence-corrected chi connectivity index (χ4v) is 3.96. The number of aromatic nitrogens is 1. The Labute approximate surface area is 192 Å². The Morgan fingerprint density at radius 3 is 2.55 bits per heavy atom. The number of aromatic hydroxyl groups is 1. The summed E-state index contributed by atoms with van der Waals surface area (Å²) in [4.78, 5) is 36.2. The van der Waals surface area contributed by atoms with Crippen LogP contribution < -0.4 is 5.32 Å². The summed E-state index contributed by atoms with van der Waals surface area (Å²) in [5.74, 6) is -5.78. The number of aliphatic carboxylic acids is 1. The quantitative estimate of drug-likeness (QED) is 0.472. The van der Waals surface area contributed by atoms with Crippen LogP contribution in [0.5, 0.6) is 5.75 Å². The highest BCUT2D eigenvalue weighted by Gasteiger charge is 2.26. The minimum atomic E-state index is -1.24. The molecule has 0 aliphatic carbocycles. The predicted octanol–water partition coefficient (Wildman–Crippen LogP) is 4.19. The lowest BCUT2D eigenvalue weighted by Gasteiger charge is -2.11. The summed E-state index contributed by atoms with van der Waals surface area (Å²) in [6, 6.07) is 6.31. The third-order valence-electron chi connectivity index (χ3n) is 5.25. The summed E-state index contributed by atoms with van der Waals surface area (Å²) in [6.07, 6.45) is -0.446. The monoisotopic (exact) mass is 478 g/mol. The number of halogens is 3. The van der Waals surface area contributed by atoms with Crippen molar-refractivity contribution in [2.24, 2.45) is 0 Å². The van der Waals surface area contributed by atoms with Crippen LogP contribution in [0.2, 0.25) is 5.02 Å².